The van der Waals surface area contributed by atoms with Crippen LogP contribution in [0.1, 0.15) is 36.0 Å². The van der Waals surface area contributed by atoms with Crippen LogP contribution < -0.4 is 4.74 Å². The predicted octanol–water partition coefficient (Wildman–Crippen LogP) is 3.95. The summed E-state index contributed by atoms with van der Waals surface area (Å²) in [6, 6.07) is 11.2. The van der Waals surface area contributed by atoms with E-state index in [0.717, 1.165) is 17.7 Å². The average Bonchev–Trinajstić information content (AvgIpc) is 2.47. The van der Waals surface area contributed by atoms with E-state index in [9.17, 15) is 13.9 Å². The summed E-state index contributed by atoms with van der Waals surface area (Å²) in [6.07, 6.45) is -0.162. The van der Waals surface area contributed by atoms with Gasteiger partial charge in [-0.15, -0.1) is 0 Å². The van der Waals surface area contributed by atoms with E-state index in [4.69, 9.17) is 4.74 Å². The molecule has 110 valence electrons. The summed E-state index contributed by atoms with van der Waals surface area (Å²) in [4.78, 5) is 0. The highest BCUT2D eigenvalue weighted by atomic mass is 19.1. The molecule has 2 unspecified atom stereocenters. The van der Waals surface area contributed by atoms with Crippen molar-refractivity contribution in [3.8, 4) is 5.75 Å². The Morgan fingerprint density at radius 1 is 1.10 bits per heavy atom. The molecule has 0 amide bonds. The molecule has 21 heavy (non-hydrogen) atoms. The minimum Gasteiger partial charge on any atom is -0.493 e. The number of fused-ring (bicyclic) bond motifs is 1. The second-order valence-electron chi connectivity index (χ2n) is 5.26. The molecule has 3 rings (SSSR count). The summed E-state index contributed by atoms with van der Waals surface area (Å²) in [7, 11) is 0. The zero-order chi connectivity index (χ0) is 14.8. The van der Waals surface area contributed by atoms with Crippen LogP contribution in [0.4, 0.5) is 8.78 Å². The number of hydrogen-bond acceptors (Lipinski definition) is 2. The maximum absolute atomic E-state index is 13.7. The van der Waals surface area contributed by atoms with Crippen LogP contribution in [-0.2, 0) is 0 Å². The topological polar surface area (TPSA) is 29.5 Å². The Bertz CT molecular complexity index is 622. The van der Waals surface area contributed by atoms with E-state index in [2.05, 4.69) is 0 Å². The number of benzene rings is 2. The highest BCUT2D eigenvalue weighted by Crippen LogP contribution is 2.39. The van der Waals surface area contributed by atoms with Crippen molar-refractivity contribution in [2.24, 2.45) is 0 Å². The van der Waals surface area contributed by atoms with E-state index in [-0.39, 0.29) is 17.9 Å². The van der Waals surface area contributed by atoms with Gasteiger partial charge < -0.3 is 9.84 Å². The average molecular weight is 290 g/mol. The minimum absolute atomic E-state index is 0.0314. The van der Waals surface area contributed by atoms with Gasteiger partial charge in [0.15, 0.2) is 0 Å². The van der Waals surface area contributed by atoms with Gasteiger partial charge in [0.1, 0.15) is 17.4 Å². The fourth-order valence-electron chi connectivity index (χ4n) is 2.88. The van der Waals surface area contributed by atoms with Gasteiger partial charge in [0, 0.05) is 0 Å². The number of aliphatic hydroxyl groups excluding tert-OH is 1. The van der Waals surface area contributed by atoms with Crippen LogP contribution in [0.2, 0.25) is 0 Å². The van der Waals surface area contributed by atoms with E-state index < -0.39 is 17.7 Å². The van der Waals surface area contributed by atoms with Crippen molar-refractivity contribution in [1.29, 1.82) is 0 Å². The van der Waals surface area contributed by atoms with Crippen LogP contribution in [-0.4, -0.2) is 11.7 Å². The van der Waals surface area contributed by atoms with Crippen LogP contribution in [0.3, 0.4) is 0 Å². The highest BCUT2D eigenvalue weighted by Gasteiger charge is 2.26. The first kappa shape index (κ1) is 14.0. The Kier molecular flexibility index (Phi) is 3.88. The number of halogens is 2. The lowest BCUT2D eigenvalue weighted by Crippen LogP contribution is -2.17. The fourth-order valence-corrected chi connectivity index (χ4v) is 2.88. The first-order valence-electron chi connectivity index (χ1n) is 7.00. The summed E-state index contributed by atoms with van der Waals surface area (Å²) in [6.45, 7) is 0.550. The van der Waals surface area contributed by atoms with Gasteiger partial charge in [-0.1, -0.05) is 24.3 Å². The van der Waals surface area contributed by atoms with Crippen LogP contribution in [0.15, 0.2) is 42.5 Å². The summed E-state index contributed by atoms with van der Waals surface area (Å²) in [5, 5.41) is 10.2. The Morgan fingerprint density at radius 3 is 2.57 bits per heavy atom. The van der Waals surface area contributed by atoms with Crippen molar-refractivity contribution in [3.63, 3.8) is 0 Å². The molecule has 0 aromatic heterocycles. The molecule has 1 aliphatic heterocycles. The molecule has 2 aromatic rings. The molecule has 2 aromatic carbocycles. The molecule has 4 heteroatoms. The molecular formula is C17H16F2O2. The molecular weight excluding hydrogens is 274 g/mol. The molecule has 0 saturated heterocycles. The Labute approximate surface area is 122 Å². The van der Waals surface area contributed by atoms with Gasteiger partial charge in [-0.3, -0.25) is 0 Å². The first-order valence-corrected chi connectivity index (χ1v) is 7.00. The third kappa shape index (κ3) is 2.76. The van der Waals surface area contributed by atoms with Gasteiger partial charge in [0.05, 0.1) is 18.3 Å². The predicted molar refractivity (Wildman–Crippen MR) is 75.2 cm³/mol. The van der Waals surface area contributed by atoms with E-state index in [1.165, 1.54) is 18.2 Å². The van der Waals surface area contributed by atoms with Crippen molar-refractivity contribution in [2.75, 3.05) is 6.61 Å². The van der Waals surface area contributed by atoms with Crippen LogP contribution >= 0.6 is 0 Å². The molecule has 1 aliphatic rings. The Balaban J connectivity index is 1.85. The quantitative estimate of drug-likeness (QED) is 0.927. The van der Waals surface area contributed by atoms with Gasteiger partial charge in [-0.25, -0.2) is 8.78 Å². The zero-order valence-electron chi connectivity index (χ0n) is 11.4. The molecule has 1 heterocycles. The van der Waals surface area contributed by atoms with Gasteiger partial charge in [-0.05, 0) is 42.5 Å². The summed E-state index contributed by atoms with van der Waals surface area (Å²) in [5.74, 6) is -0.593. The monoisotopic (exact) mass is 290 g/mol. The molecule has 2 atom stereocenters. The standard InChI is InChI=1S/C17H16F2O2/c18-13-5-3-6-14(19)17(13)15(20)10-11-8-9-21-16-7-2-1-4-12(11)16/h1-7,11,15,20H,8-10H2. The Hall–Kier alpha value is -1.94. The van der Waals surface area contributed by atoms with Crippen molar-refractivity contribution in [2.45, 2.75) is 24.9 Å². The zero-order valence-corrected chi connectivity index (χ0v) is 11.4. The lowest BCUT2D eigenvalue weighted by atomic mass is 9.86. The molecule has 0 aliphatic carbocycles. The van der Waals surface area contributed by atoms with Gasteiger partial charge >= 0.3 is 0 Å². The molecule has 0 saturated carbocycles. The Morgan fingerprint density at radius 2 is 1.81 bits per heavy atom. The number of rotatable bonds is 3. The smallest absolute Gasteiger partial charge is 0.131 e. The van der Waals surface area contributed by atoms with E-state index in [1.807, 2.05) is 24.3 Å². The molecule has 0 radical (unpaired) electrons. The summed E-state index contributed by atoms with van der Waals surface area (Å²) in [5.41, 5.74) is 0.737. The van der Waals surface area contributed by atoms with Gasteiger partial charge in [0.2, 0.25) is 0 Å². The number of hydrogen-bond donors (Lipinski definition) is 1. The first-order chi connectivity index (χ1) is 10.2. The van der Waals surface area contributed by atoms with Gasteiger partial charge in [0.25, 0.3) is 0 Å². The minimum atomic E-state index is -1.16. The van der Waals surface area contributed by atoms with Crippen molar-refractivity contribution in [1.82, 2.24) is 0 Å². The third-order valence-corrected chi connectivity index (χ3v) is 3.92. The van der Waals surface area contributed by atoms with Crippen LogP contribution in [0.25, 0.3) is 0 Å². The third-order valence-electron chi connectivity index (χ3n) is 3.92. The summed E-state index contributed by atoms with van der Waals surface area (Å²) >= 11 is 0. The molecule has 0 spiro atoms. The second-order valence-corrected chi connectivity index (χ2v) is 5.26. The lowest BCUT2D eigenvalue weighted by Gasteiger charge is -2.27. The SMILES string of the molecule is OC(CC1CCOc2ccccc21)c1c(F)cccc1F. The van der Waals surface area contributed by atoms with E-state index in [1.54, 1.807) is 0 Å². The molecule has 2 nitrogen and oxygen atoms in total. The highest BCUT2D eigenvalue weighted by molar-refractivity contribution is 5.38. The second kappa shape index (κ2) is 5.82. The largest absolute Gasteiger partial charge is 0.493 e. The maximum atomic E-state index is 13.7. The number of para-hydroxylation sites is 1. The van der Waals surface area contributed by atoms with E-state index in [0.29, 0.717) is 6.61 Å². The number of aliphatic hydroxyl groups is 1. The maximum Gasteiger partial charge on any atom is 0.131 e. The summed E-state index contributed by atoms with van der Waals surface area (Å²) < 4.78 is 33.0. The molecule has 0 bridgehead atoms. The van der Waals surface area contributed by atoms with Crippen molar-refractivity contribution >= 4 is 0 Å². The van der Waals surface area contributed by atoms with Crippen LogP contribution in [0, 0.1) is 11.6 Å². The van der Waals surface area contributed by atoms with Crippen molar-refractivity contribution < 1.29 is 18.6 Å². The van der Waals surface area contributed by atoms with Crippen molar-refractivity contribution in [3.05, 3.63) is 65.2 Å². The normalized spacial score (nSPS) is 18.7. The molecule has 0 fully saturated rings. The molecule has 1 N–H and O–H groups in total. The van der Waals surface area contributed by atoms with Crippen LogP contribution in [0.5, 0.6) is 5.75 Å². The fraction of sp³-hybridized carbons (Fsp3) is 0.294. The number of ether oxygens (including phenoxy) is 1. The van der Waals surface area contributed by atoms with Gasteiger partial charge in [-0.2, -0.15) is 0 Å². The lowest BCUT2D eigenvalue weighted by molar-refractivity contribution is 0.137. The van der Waals surface area contributed by atoms with E-state index >= 15 is 0 Å².